The van der Waals surface area contributed by atoms with Gasteiger partial charge in [0.2, 0.25) is 5.88 Å². The number of alkyl halides is 2. The Hall–Kier alpha value is -1.43. The fourth-order valence-corrected chi connectivity index (χ4v) is 1.60. The average Bonchev–Trinajstić information content (AvgIpc) is 2.15. The van der Waals surface area contributed by atoms with Gasteiger partial charge in [0, 0.05) is 19.2 Å². The summed E-state index contributed by atoms with van der Waals surface area (Å²) in [5, 5.41) is 0. The Balaban J connectivity index is 2.03. The molecule has 0 atom stereocenters. The molecule has 0 aliphatic carbocycles. The molecule has 2 rings (SSSR count). The predicted molar refractivity (Wildman–Crippen MR) is 55.5 cm³/mol. The molecular weight excluding hydrogens is 216 g/mol. The summed E-state index contributed by atoms with van der Waals surface area (Å²) in [7, 11) is 1.97. The Labute approximate surface area is 92.0 Å². The van der Waals surface area contributed by atoms with Gasteiger partial charge >= 0.3 is 0 Å². The number of rotatable bonds is 3. The van der Waals surface area contributed by atoms with Crippen LogP contribution in [0, 0.1) is 0 Å². The molecule has 0 saturated carbocycles. The van der Waals surface area contributed by atoms with E-state index in [1.54, 1.807) is 0 Å². The van der Waals surface area contributed by atoms with Crippen molar-refractivity contribution in [1.29, 1.82) is 0 Å². The maximum Gasteiger partial charge on any atom is 0.267 e. The third kappa shape index (κ3) is 2.21. The van der Waals surface area contributed by atoms with E-state index in [1.165, 1.54) is 12.1 Å². The number of ether oxygens (including phenoxy) is 1. The van der Waals surface area contributed by atoms with E-state index in [0.29, 0.717) is 5.88 Å². The minimum atomic E-state index is -2.60. The zero-order valence-corrected chi connectivity index (χ0v) is 8.86. The molecule has 4 nitrogen and oxygen atoms in total. The Morgan fingerprint density at radius 3 is 2.69 bits per heavy atom. The first-order valence-electron chi connectivity index (χ1n) is 4.96. The van der Waals surface area contributed by atoms with Gasteiger partial charge in [0.05, 0.1) is 5.56 Å². The lowest BCUT2D eigenvalue weighted by atomic mass is 10.2. The van der Waals surface area contributed by atoms with Gasteiger partial charge in [-0.05, 0) is 13.1 Å². The molecule has 0 spiro atoms. The molecule has 1 aliphatic rings. The molecule has 1 aromatic heterocycles. The summed E-state index contributed by atoms with van der Waals surface area (Å²) < 4.78 is 30.2. The summed E-state index contributed by atoms with van der Waals surface area (Å²) in [6, 6.07) is 2.68. The number of aromatic nitrogens is 1. The van der Waals surface area contributed by atoms with Gasteiger partial charge < -0.3 is 10.5 Å². The third-order valence-electron chi connectivity index (χ3n) is 2.49. The van der Waals surface area contributed by atoms with E-state index in [2.05, 4.69) is 9.88 Å². The molecule has 0 aromatic carbocycles. The van der Waals surface area contributed by atoms with Crippen LogP contribution in [0.3, 0.4) is 0 Å². The Kier molecular flexibility index (Phi) is 2.91. The number of anilines is 1. The van der Waals surface area contributed by atoms with E-state index in [9.17, 15) is 8.78 Å². The summed E-state index contributed by atoms with van der Waals surface area (Å²) >= 11 is 0. The average molecular weight is 229 g/mol. The second kappa shape index (κ2) is 4.21. The lowest BCUT2D eigenvalue weighted by molar-refractivity contribution is 0.0356. The van der Waals surface area contributed by atoms with Crippen LogP contribution < -0.4 is 10.5 Å². The van der Waals surface area contributed by atoms with Gasteiger partial charge in [-0.15, -0.1) is 0 Å². The van der Waals surface area contributed by atoms with E-state index in [4.69, 9.17) is 10.5 Å². The SMILES string of the molecule is CN1CC(Oc2ccc(C(F)F)c(N)n2)C1. The van der Waals surface area contributed by atoms with Crippen LogP contribution >= 0.6 is 0 Å². The van der Waals surface area contributed by atoms with Crippen molar-refractivity contribution in [3.63, 3.8) is 0 Å². The fourth-order valence-electron chi connectivity index (χ4n) is 1.60. The third-order valence-corrected chi connectivity index (χ3v) is 2.49. The minimum absolute atomic E-state index is 0.0781. The minimum Gasteiger partial charge on any atom is -0.472 e. The monoisotopic (exact) mass is 229 g/mol. The highest BCUT2D eigenvalue weighted by Gasteiger charge is 2.25. The molecule has 2 N–H and O–H groups in total. The highest BCUT2D eigenvalue weighted by molar-refractivity contribution is 5.42. The van der Waals surface area contributed by atoms with Gasteiger partial charge in [-0.2, -0.15) is 4.98 Å². The van der Waals surface area contributed by atoms with E-state index in [1.807, 2.05) is 7.05 Å². The topological polar surface area (TPSA) is 51.4 Å². The molecule has 88 valence electrons. The van der Waals surface area contributed by atoms with E-state index >= 15 is 0 Å². The molecule has 0 amide bonds. The normalized spacial score (nSPS) is 17.5. The number of likely N-dealkylation sites (N-methyl/N-ethyl adjacent to an activating group) is 1. The van der Waals surface area contributed by atoms with Crippen LogP contribution in [-0.4, -0.2) is 36.1 Å². The lowest BCUT2D eigenvalue weighted by Crippen LogP contribution is -2.51. The first kappa shape index (κ1) is 11.1. The van der Waals surface area contributed by atoms with Gasteiger partial charge in [-0.25, -0.2) is 8.78 Å². The van der Waals surface area contributed by atoms with Gasteiger partial charge in [0.15, 0.2) is 0 Å². The molecule has 16 heavy (non-hydrogen) atoms. The second-order valence-corrected chi connectivity index (χ2v) is 3.89. The van der Waals surface area contributed by atoms with Crippen molar-refractivity contribution in [2.24, 2.45) is 0 Å². The van der Waals surface area contributed by atoms with Crippen LogP contribution in [0.15, 0.2) is 12.1 Å². The molecule has 1 aromatic rings. The maximum atomic E-state index is 12.4. The smallest absolute Gasteiger partial charge is 0.267 e. The van der Waals surface area contributed by atoms with Gasteiger partial charge in [0.1, 0.15) is 11.9 Å². The van der Waals surface area contributed by atoms with E-state index in [0.717, 1.165) is 13.1 Å². The fraction of sp³-hybridized carbons (Fsp3) is 0.500. The van der Waals surface area contributed by atoms with Gasteiger partial charge in [-0.1, -0.05) is 0 Å². The summed E-state index contributed by atoms with van der Waals surface area (Å²) in [6.07, 6.45) is -2.52. The molecule has 1 fully saturated rings. The Morgan fingerprint density at radius 1 is 1.50 bits per heavy atom. The number of hydrogen-bond donors (Lipinski definition) is 1. The standard InChI is InChI=1S/C10H13F2N3O/c1-15-4-6(5-15)16-8-3-2-7(9(11)12)10(13)14-8/h2-3,6,9H,4-5H2,1H3,(H2,13,14). The molecule has 0 bridgehead atoms. The van der Waals surface area contributed by atoms with Crippen LogP contribution in [0.2, 0.25) is 0 Å². The Bertz CT molecular complexity index is 380. The predicted octanol–water partition coefficient (Wildman–Crippen LogP) is 1.29. The van der Waals surface area contributed by atoms with Crippen LogP contribution in [0.1, 0.15) is 12.0 Å². The van der Waals surface area contributed by atoms with Gasteiger partial charge in [-0.3, -0.25) is 4.90 Å². The first-order chi connectivity index (χ1) is 7.56. The van der Waals surface area contributed by atoms with Crippen LogP contribution in [0.5, 0.6) is 5.88 Å². The zero-order chi connectivity index (χ0) is 11.7. The number of halogens is 2. The summed E-state index contributed by atoms with van der Waals surface area (Å²) in [6.45, 7) is 1.64. The largest absolute Gasteiger partial charge is 0.472 e. The number of hydrogen-bond acceptors (Lipinski definition) is 4. The van der Waals surface area contributed by atoms with Crippen molar-refractivity contribution in [1.82, 2.24) is 9.88 Å². The van der Waals surface area contributed by atoms with Crippen molar-refractivity contribution in [3.8, 4) is 5.88 Å². The van der Waals surface area contributed by atoms with Crippen molar-refractivity contribution < 1.29 is 13.5 Å². The van der Waals surface area contributed by atoms with E-state index < -0.39 is 6.43 Å². The molecular formula is C10H13F2N3O. The number of pyridine rings is 1. The molecule has 0 radical (unpaired) electrons. The number of nitrogens with two attached hydrogens (primary N) is 1. The van der Waals surface area contributed by atoms with Crippen LogP contribution in [0.4, 0.5) is 14.6 Å². The zero-order valence-electron chi connectivity index (χ0n) is 8.86. The molecule has 2 heterocycles. The maximum absolute atomic E-state index is 12.4. The van der Waals surface area contributed by atoms with Crippen molar-refractivity contribution >= 4 is 5.82 Å². The highest BCUT2D eigenvalue weighted by Crippen LogP contribution is 2.26. The van der Waals surface area contributed by atoms with Gasteiger partial charge in [0.25, 0.3) is 6.43 Å². The van der Waals surface area contributed by atoms with Crippen molar-refractivity contribution in [2.75, 3.05) is 25.9 Å². The quantitative estimate of drug-likeness (QED) is 0.848. The molecule has 1 aliphatic heterocycles. The lowest BCUT2D eigenvalue weighted by Gasteiger charge is -2.35. The summed E-state index contributed by atoms with van der Waals surface area (Å²) in [5.74, 6) is 0.139. The summed E-state index contributed by atoms with van der Waals surface area (Å²) in [4.78, 5) is 5.88. The summed E-state index contributed by atoms with van der Waals surface area (Å²) in [5.41, 5.74) is 5.15. The van der Waals surface area contributed by atoms with Crippen molar-refractivity contribution in [2.45, 2.75) is 12.5 Å². The van der Waals surface area contributed by atoms with Crippen molar-refractivity contribution in [3.05, 3.63) is 17.7 Å². The van der Waals surface area contributed by atoms with Crippen LogP contribution in [0.25, 0.3) is 0 Å². The number of nitrogens with zero attached hydrogens (tertiary/aromatic N) is 2. The number of likely N-dealkylation sites (tertiary alicyclic amines) is 1. The van der Waals surface area contributed by atoms with Crippen LogP contribution in [-0.2, 0) is 0 Å². The second-order valence-electron chi connectivity index (χ2n) is 3.89. The Morgan fingerprint density at radius 2 is 2.19 bits per heavy atom. The molecule has 0 unspecified atom stereocenters. The first-order valence-corrected chi connectivity index (χ1v) is 4.96. The molecule has 6 heteroatoms. The number of nitrogen functional groups attached to an aromatic ring is 1. The highest BCUT2D eigenvalue weighted by atomic mass is 19.3. The molecule has 1 saturated heterocycles. The van der Waals surface area contributed by atoms with E-state index in [-0.39, 0.29) is 17.5 Å².